The Morgan fingerprint density at radius 3 is 2.60 bits per heavy atom. The maximum atomic E-state index is 11.9. The molecule has 0 radical (unpaired) electrons. The van der Waals surface area contributed by atoms with Crippen molar-refractivity contribution < 1.29 is 9.90 Å². The van der Waals surface area contributed by atoms with E-state index in [0.29, 0.717) is 11.8 Å². The van der Waals surface area contributed by atoms with Crippen LogP contribution in [0.2, 0.25) is 0 Å². The molecule has 0 aliphatic heterocycles. The Morgan fingerprint density at radius 1 is 1.45 bits per heavy atom. The molecule has 2 aliphatic carbocycles. The van der Waals surface area contributed by atoms with E-state index >= 15 is 0 Å². The van der Waals surface area contributed by atoms with Crippen molar-refractivity contribution in [3.05, 3.63) is 5.82 Å². The lowest BCUT2D eigenvalue weighted by atomic mass is 9.95. The van der Waals surface area contributed by atoms with Crippen molar-refractivity contribution in [1.29, 1.82) is 0 Å². The van der Waals surface area contributed by atoms with Crippen molar-refractivity contribution in [2.75, 3.05) is 5.75 Å². The number of rotatable bonds is 7. The number of aliphatic carboxylic acids is 1. The summed E-state index contributed by atoms with van der Waals surface area (Å²) in [6.45, 7) is 1.89. The number of carboxylic acid groups (broad SMARTS) is 1. The molecule has 1 aromatic heterocycles. The first-order valence-electron chi connectivity index (χ1n) is 7.03. The van der Waals surface area contributed by atoms with Gasteiger partial charge in [-0.3, -0.25) is 10.1 Å². The molecule has 1 aromatic rings. The van der Waals surface area contributed by atoms with Crippen LogP contribution in [0.1, 0.15) is 31.5 Å². The first-order valence-corrected chi connectivity index (χ1v) is 8.01. The molecule has 1 unspecified atom stereocenters. The van der Waals surface area contributed by atoms with Crippen molar-refractivity contribution in [1.82, 2.24) is 20.1 Å². The summed E-state index contributed by atoms with van der Waals surface area (Å²) >= 11 is 1.49. The summed E-state index contributed by atoms with van der Waals surface area (Å²) in [5.74, 6) is 0.880. The van der Waals surface area contributed by atoms with Gasteiger partial charge < -0.3 is 9.67 Å². The Hall–Kier alpha value is -1.08. The molecule has 20 heavy (non-hydrogen) atoms. The summed E-state index contributed by atoms with van der Waals surface area (Å²) in [5.41, 5.74) is -0.800. The maximum absolute atomic E-state index is 11.9. The average Bonchev–Trinajstić information content (AvgIpc) is 3.29. The third-order valence-corrected chi connectivity index (χ3v) is 5.39. The molecular formula is C13H20N4O2S. The fourth-order valence-electron chi connectivity index (χ4n) is 2.44. The Bertz CT molecular complexity index is 524. The normalized spacial score (nSPS) is 21.7. The van der Waals surface area contributed by atoms with E-state index in [2.05, 4.69) is 15.5 Å². The molecule has 2 fully saturated rings. The molecule has 110 valence electrons. The van der Waals surface area contributed by atoms with E-state index in [1.54, 1.807) is 0 Å². The van der Waals surface area contributed by atoms with Gasteiger partial charge in [0.2, 0.25) is 0 Å². The highest BCUT2D eigenvalue weighted by Crippen LogP contribution is 2.44. The van der Waals surface area contributed by atoms with Gasteiger partial charge in [-0.05, 0) is 38.5 Å². The van der Waals surface area contributed by atoms with Gasteiger partial charge in [0, 0.05) is 18.8 Å². The standard InChI is InChI=1S/C13H20N4O2S/c1-8-15-16-12(17(8)2)20-7-13(11(18)19,9-3-4-9)14-10-5-6-10/h9-10,14H,3-7H2,1-2H3,(H,18,19). The van der Waals surface area contributed by atoms with Gasteiger partial charge in [0.1, 0.15) is 11.4 Å². The van der Waals surface area contributed by atoms with E-state index in [1.165, 1.54) is 11.8 Å². The second-order valence-corrected chi connectivity index (χ2v) is 6.79. The van der Waals surface area contributed by atoms with Gasteiger partial charge in [0.15, 0.2) is 5.16 Å². The Balaban J connectivity index is 1.75. The van der Waals surface area contributed by atoms with Crippen LogP contribution in [0, 0.1) is 12.8 Å². The Morgan fingerprint density at radius 2 is 2.15 bits per heavy atom. The highest BCUT2D eigenvalue weighted by atomic mass is 32.2. The molecular weight excluding hydrogens is 276 g/mol. The molecule has 2 N–H and O–H groups in total. The second kappa shape index (κ2) is 5.04. The minimum atomic E-state index is -0.800. The summed E-state index contributed by atoms with van der Waals surface area (Å²) in [5, 5.41) is 22.0. The summed E-state index contributed by atoms with van der Waals surface area (Å²) < 4.78 is 1.90. The molecule has 2 aliphatic rings. The van der Waals surface area contributed by atoms with E-state index < -0.39 is 11.5 Å². The van der Waals surface area contributed by atoms with Gasteiger partial charge in [-0.2, -0.15) is 0 Å². The fourth-order valence-corrected chi connectivity index (χ4v) is 3.66. The van der Waals surface area contributed by atoms with Gasteiger partial charge in [-0.25, -0.2) is 0 Å². The van der Waals surface area contributed by atoms with Crippen LogP contribution < -0.4 is 5.32 Å². The molecule has 0 aromatic carbocycles. The van der Waals surface area contributed by atoms with Crippen LogP contribution in [0.15, 0.2) is 5.16 Å². The van der Waals surface area contributed by atoms with E-state index in [1.807, 2.05) is 18.5 Å². The topological polar surface area (TPSA) is 80.0 Å². The zero-order chi connectivity index (χ0) is 14.3. The third kappa shape index (κ3) is 2.56. The SMILES string of the molecule is Cc1nnc(SCC(NC2CC2)(C(=O)O)C2CC2)n1C. The third-order valence-electron chi connectivity index (χ3n) is 4.18. The van der Waals surface area contributed by atoms with E-state index in [0.717, 1.165) is 36.7 Å². The predicted octanol–water partition coefficient (Wildman–Crippen LogP) is 1.20. The Kier molecular flexibility index (Phi) is 3.50. The van der Waals surface area contributed by atoms with E-state index in [-0.39, 0.29) is 5.92 Å². The zero-order valence-electron chi connectivity index (χ0n) is 11.8. The van der Waals surface area contributed by atoms with Crippen molar-refractivity contribution in [2.24, 2.45) is 13.0 Å². The summed E-state index contributed by atoms with van der Waals surface area (Å²) in [6.07, 6.45) is 4.19. The molecule has 2 saturated carbocycles. The van der Waals surface area contributed by atoms with Crippen LogP contribution in [0.25, 0.3) is 0 Å². The van der Waals surface area contributed by atoms with E-state index in [9.17, 15) is 9.90 Å². The first-order chi connectivity index (χ1) is 9.53. The Labute approximate surface area is 122 Å². The number of carbonyl (C=O) groups is 1. The van der Waals surface area contributed by atoms with Crippen molar-refractivity contribution >= 4 is 17.7 Å². The molecule has 7 heteroatoms. The quantitative estimate of drug-likeness (QED) is 0.736. The highest BCUT2D eigenvalue weighted by molar-refractivity contribution is 7.99. The van der Waals surface area contributed by atoms with Gasteiger partial charge in [-0.15, -0.1) is 10.2 Å². The largest absolute Gasteiger partial charge is 0.480 e. The minimum absolute atomic E-state index is 0.252. The molecule has 0 amide bonds. The van der Waals surface area contributed by atoms with Crippen LogP contribution in [-0.4, -0.2) is 43.2 Å². The van der Waals surface area contributed by atoms with Gasteiger partial charge in [0.25, 0.3) is 0 Å². The number of nitrogens with zero attached hydrogens (tertiary/aromatic N) is 3. The summed E-state index contributed by atoms with van der Waals surface area (Å²) in [6, 6.07) is 0.383. The van der Waals surface area contributed by atoms with Crippen molar-refractivity contribution in [3.8, 4) is 0 Å². The van der Waals surface area contributed by atoms with Crippen molar-refractivity contribution in [3.63, 3.8) is 0 Å². The molecule has 0 saturated heterocycles. The lowest BCUT2D eigenvalue weighted by molar-refractivity contribution is -0.145. The molecule has 6 nitrogen and oxygen atoms in total. The van der Waals surface area contributed by atoms with Crippen LogP contribution >= 0.6 is 11.8 Å². The summed E-state index contributed by atoms with van der Waals surface area (Å²) in [4.78, 5) is 11.9. The number of carboxylic acids is 1. The number of hydrogen-bond acceptors (Lipinski definition) is 5. The maximum Gasteiger partial charge on any atom is 0.325 e. The van der Waals surface area contributed by atoms with E-state index in [4.69, 9.17) is 0 Å². The zero-order valence-corrected chi connectivity index (χ0v) is 12.6. The average molecular weight is 296 g/mol. The lowest BCUT2D eigenvalue weighted by Gasteiger charge is -2.30. The number of aryl methyl sites for hydroxylation is 1. The van der Waals surface area contributed by atoms with Crippen LogP contribution in [-0.2, 0) is 11.8 Å². The molecule has 1 heterocycles. The van der Waals surface area contributed by atoms with Crippen LogP contribution in [0.5, 0.6) is 0 Å². The molecule has 0 bridgehead atoms. The smallest absolute Gasteiger partial charge is 0.325 e. The number of hydrogen-bond donors (Lipinski definition) is 2. The minimum Gasteiger partial charge on any atom is -0.480 e. The number of aromatic nitrogens is 3. The van der Waals surface area contributed by atoms with Gasteiger partial charge in [0.05, 0.1) is 0 Å². The summed E-state index contributed by atoms with van der Waals surface area (Å²) in [7, 11) is 1.91. The molecule has 3 rings (SSSR count). The molecule has 1 atom stereocenters. The first kappa shape index (κ1) is 13.9. The van der Waals surface area contributed by atoms with Crippen LogP contribution in [0.3, 0.4) is 0 Å². The van der Waals surface area contributed by atoms with Crippen molar-refractivity contribution in [2.45, 2.75) is 49.3 Å². The monoisotopic (exact) mass is 296 g/mol. The second-order valence-electron chi connectivity index (χ2n) is 5.85. The predicted molar refractivity (Wildman–Crippen MR) is 75.7 cm³/mol. The van der Waals surface area contributed by atoms with Crippen LogP contribution in [0.4, 0.5) is 0 Å². The molecule has 0 spiro atoms. The highest BCUT2D eigenvalue weighted by Gasteiger charge is 2.53. The van der Waals surface area contributed by atoms with Gasteiger partial charge >= 0.3 is 5.97 Å². The number of nitrogens with one attached hydrogen (secondary N) is 1. The number of thioether (sulfide) groups is 1. The fraction of sp³-hybridized carbons (Fsp3) is 0.769. The lowest BCUT2D eigenvalue weighted by Crippen LogP contribution is -2.57. The van der Waals surface area contributed by atoms with Gasteiger partial charge in [-0.1, -0.05) is 11.8 Å².